The molecule has 1 amide bonds. The molecular formula is C16H27NO6SSi. The molecule has 1 aliphatic rings. The summed E-state index contributed by atoms with van der Waals surface area (Å²) in [6, 6.07) is 0. The largest absolute Gasteiger partial charge is 0.459 e. The lowest BCUT2D eigenvalue weighted by molar-refractivity contribution is -0.177. The number of rotatable bonds is 9. The van der Waals surface area contributed by atoms with Gasteiger partial charge in [0.05, 0.1) is 18.4 Å². The molecule has 0 aliphatic carbocycles. The van der Waals surface area contributed by atoms with Gasteiger partial charge in [-0.1, -0.05) is 45.1 Å². The minimum atomic E-state index is -2.47. The summed E-state index contributed by atoms with van der Waals surface area (Å²) in [7, 11) is -2.47. The van der Waals surface area contributed by atoms with Crippen LogP contribution in [-0.4, -0.2) is 59.8 Å². The number of ether oxygens (including phenoxy) is 2. The second kappa shape index (κ2) is 8.37. The number of aliphatic hydroxyl groups is 1. The molecule has 25 heavy (non-hydrogen) atoms. The van der Waals surface area contributed by atoms with Gasteiger partial charge >= 0.3 is 11.9 Å². The smallest absolute Gasteiger partial charge is 0.346 e. The first-order valence-electron chi connectivity index (χ1n) is 8.13. The lowest BCUT2D eigenvalue weighted by Crippen LogP contribution is -2.63. The summed E-state index contributed by atoms with van der Waals surface area (Å²) in [6.45, 7) is 11.0. The fourth-order valence-corrected chi connectivity index (χ4v) is 5.04. The van der Waals surface area contributed by atoms with Crippen molar-refractivity contribution in [1.82, 2.24) is 4.31 Å². The zero-order chi connectivity index (χ0) is 19.4. The van der Waals surface area contributed by atoms with E-state index >= 15 is 0 Å². The van der Waals surface area contributed by atoms with Crippen molar-refractivity contribution in [1.29, 1.82) is 0 Å². The highest BCUT2D eigenvalue weighted by atomic mass is 32.1. The number of carbonyl (C=O) groups is 3. The summed E-state index contributed by atoms with van der Waals surface area (Å²) < 4.78 is 12.0. The Bertz CT molecular complexity index is 547. The van der Waals surface area contributed by atoms with E-state index in [1.807, 2.05) is 19.6 Å². The highest BCUT2D eigenvalue weighted by molar-refractivity contribution is 7.78. The lowest BCUT2D eigenvalue weighted by Gasteiger charge is -2.41. The Morgan fingerprint density at radius 1 is 1.52 bits per heavy atom. The Labute approximate surface area is 154 Å². The van der Waals surface area contributed by atoms with Gasteiger partial charge in [-0.3, -0.25) is 13.9 Å². The Morgan fingerprint density at radius 2 is 2.12 bits per heavy atom. The first-order chi connectivity index (χ1) is 11.4. The van der Waals surface area contributed by atoms with E-state index in [0.717, 1.165) is 0 Å². The third kappa shape index (κ3) is 5.08. The maximum absolute atomic E-state index is 12.7. The summed E-state index contributed by atoms with van der Waals surface area (Å²) in [6.07, 6.45) is 0.373. The second-order valence-electron chi connectivity index (χ2n) is 7.31. The summed E-state index contributed by atoms with van der Waals surface area (Å²) in [4.78, 5) is 36.8. The molecule has 1 aliphatic heterocycles. The van der Waals surface area contributed by atoms with Gasteiger partial charge in [-0.25, -0.2) is 4.79 Å². The standard InChI is InChI=1S/C16H27NO6SSi/c1-6-7-22-15(21)16(9-11(2)18,25(3,4)5)23-13(19)8-12-10-17(24)14(12)20/h6,11-12,18,24H,1,7-10H2,2-5H3/t11?,12-,16?/m1/s1. The third-order valence-corrected chi connectivity index (χ3v) is 7.45. The van der Waals surface area contributed by atoms with Crippen LogP contribution >= 0.6 is 12.8 Å². The van der Waals surface area contributed by atoms with Gasteiger partial charge in [-0.2, -0.15) is 0 Å². The zero-order valence-electron chi connectivity index (χ0n) is 15.2. The molecule has 1 heterocycles. The fourth-order valence-electron chi connectivity index (χ4n) is 2.66. The molecule has 9 heteroatoms. The number of esters is 2. The van der Waals surface area contributed by atoms with Crippen molar-refractivity contribution >= 4 is 38.7 Å². The topological polar surface area (TPSA) is 93.1 Å². The van der Waals surface area contributed by atoms with E-state index in [2.05, 4.69) is 19.4 Å². The van der Waals surface area contributed by atoms with E-state index in [1.54, 1.807) is 0 Å². The molecule has 1 saturated heterocycles. The Balaban J connectivity index is 3.02. The SMILES string of the molecule is C=CCOC(=O)C(CC(C)O)(OC(=O)C[C@@H]1CN(S)C1=O)[Si](C)(C)C. The van der Waals surface area contributed by atoms with Crippen molar-refractivity contribution in [3.8, 4) is 0 Å². The second-order valence-corrected chi connectivity index (χ2v) is 13.1. The number of thiol groups is 1. The number of hydrogen-bond acceptors (Lipinski definition) is 7. The van der Waals surface area contributed by atoms with Crippen molar-refractivity contribution in [3.63, 3.8) is 0 Å². The molecule has 0 spiro atoms. The van der Waals surface area contributed by atoms with Gasteiger partial charge in [-0.05, 0) is 6.92 Å². The van der Waals surface area contributed by atoms with E-state index in [4.69, 9.17) is 9.47 Å². The minimum Gasteiger partial charge on any atom is -0.459 e. The molecule has 3 atom stereocenters. The van der Waals surface area contributed by atoms with Crippen molar-refractivity contribution < 1.29 is 29.0 Å². The van der Waals surface area contributed by atoms with Gasteiger partial charge in [0.2, 0.25) is 5.91 Å². The summed E-state index contributed by atoms with van der Waals surface area (Å²) in [5, 5.41) is 8.35. The van der Waals surface area contributed by atoms with Crippen LogP contribution in [0.4, 0.5) is 0 Å². The predicted molar refractivity (Wildman–Crippen MR) is 98.4 cm³/mol. The summed E-state index contributed by atoms with van der Waals surface area (Å²) in [5.41, 5.74) is 0. The van der Waals surface area contributed by atoms with E-state index in [-0.39, 0.29) is 25.4 Å². The van der Waals surface area contributed by atoms with E-state index < -0.39 is 37.3 Å². The maximum atomic E-state index is 12.7. The first kappa shape index (κ1) is 21.7. The van der Waals surface area contributed by atoms with Gasteiger partial charge in [-0.15, -0.1) is 0 Å². The van der Waals surface area contributed by atoms with Crippen molar-refractivity contribution in [2.24, 2.45) is 5.92 Å². The van der Waals surface area contributed by atoms with Gasteiger partial charge < -0.3 is 14.6 Å². The molecule has 0 bridgehead atoms. The Morgan fingerprint density at radius 3 is 2.52 bits per heavy atom. The highest BCUT2D eigenvalue weighted by Gasteiger charge is 2.55. The van der Waals surface area contributed by atoms with E-state index in [1.165, 1.54) is 17.3 Å². The molecule has 0 radical (unpaired) electrons. The van der Waals surface area contributed by atoms with Crippen molar-refractivity contribution in [2.75, 3.05) is 13.2 Å². The lowest BCUT2D eigenvalue weighted by atomic mass is 9.98. The van der Waals surface area contributed by atoms with Crippen LogP contribution in [0.2, 0.25) is 19.6 Å². The Kier molecular flexibility index (Phi) is 7.27. The molecule has 1 N–H and O–H groups in total. The molecule has 7 nitrogen and oxygen atoms in total. The van der Waals surface area contributed by atoms with Crippen LogP contribution in [0.3, 0.4) is 0 Å². The highest BCUT2D eigenvalue weighted by Crippen LogP contribution is 2.33. The van der Waals surface area contributed by atoms with Crippen LogP contribution in [0.1, 0.15) is 19.8 Å². The molecular weight excluding hydrogens is 362 g/mol. The number of β-lactam (4-membered cyclic amide) rings is 1. The quantitative estimate of drug-likeness (QED) is 0.203. The van der Waals surface area contributed by atoms with Gasteiger partial charge in [0.15, 0.2) is 5.22 Å². The summed E-state index contributed by atoms with van der Waals surface area (Å²) in [5.74, 6) is -2.07. The molecule has 2 unspecified atom stereocenters. The van der Waals surface area contributed by atoms with Crippen molar-refractivity contribution in [2.45, 2.75) is 50.7 Å². The maximum Gasteiger partial charge on any atom is 0.346 e. The average molecular weight is 390 g/mol. The number of nitrogens with zero attached hydrogens (tertiary/aromatic N) is 1. The molecule has 0 aromatic rings. The van der Waals surface area contributed by atoms with Crippen LogP contribution in [0, 0.1) is 5.92 Å². The van der Waals surface area contributed by atoms with Crippen LogP contribution in [-0.2, 0) is 23.9 Å². The van der Waals surface area contributed by atoms with Crippen LogP contribution < -0.4 is 0 Å². The summed E-state index contributed by atoms with van der Waals surface area (Å²) >= 11 is 3.93. The van der Waals surface area contributed by atoms with Crippen LogP contribution in [0.15, 0.2) is 12.7 Å². The fraction of sp³-hybridized carbons (Fsp3) is 0.688. The van der Waals surface area contributed by atoms with E-state index in [0.29, 0.717) is 6.54 Å². The first-order valence-corrected chi connectivity index (χ1v) is 12.0. The number of hydrogen-bond donors (Lipinski definition) is 2. The number of amides is 1. The van der Waals surface area contributed by atoms with E-state index in [9.17, 15) is 19.5 Å². The molecule has 1 fully saturated rings. The minimum absolute atomic E-state index is 0.0157. The number of carbonyl (C=O) groups excluding carboxylic acids is 3. The molecule has 0 saturated carbocycles. The average Bonchev–Trinajstić information content (AvgIpc) is 2.49. The van der Waals surface area contributed by atoms with Gasteiger partial charge in [0.1, 0.15) is 14.7 Å². The molecule has 142 valence electrons. The Hall–Kier alpha value is -1.32. The molecule has 0 aromatic heterocycles. The molecule has 0 aromatic carbocycles. The third-order valence-electron chi connectivity index (χ3n) is 4.15. The number of aliphatic hydroxyl groups excluding tert-OH is 1. The monoisotopic (exact) mass is 389 g/mol. The molecule has 1 rings (SSSR count). The van der Waals surface area contributed by atoms with Gasteiger partial charge in [0, 0.05) is 13.0 Å². The van der Waals surface area contributed by atoms with Crippen molar-refractivity contribution in [3.05, 3.63) is 12.7 Å². The van der Waals surface area contributed by atoms with Gasteiger partial charge in [0.25, 0.3) is 0 Å². The zero-order valence-corrected chi connectivity index (χ0v) is 17.0. The van der Waals surface area contributed by atoms with Crippen LogP contribution in [0.25, 0.3) is 0 Å². The van der Waals surface area contributed by atoms with Crippen LogP contribution in [0.5, 0.6) is 0 Å². The predicted octanol–water partition coefficient (Wildman–Crippen LogP) is 1.34. The normalized spacial score (nSPS) is 21.0.